The van der Waals surface area contributed by atoms with Gasteiger partial charge in [-0.25, -0.2) is 13.1 Å². The highest BCUT2D eigenvalue weighted by Gasteiger charge is 2.34. The second-order valence-electron chi connectivity index (χ2n) is 5.06. The number of anilines is 1. The van der Waals surface area contributed by atoms with E-state index in [1.165, 1.54) is 0 Å². The number of nitrogen functional groups attached to an aromatic ring is 1. The Labute approximate surface area is 115 Å². The maximum absolute atomic E-state index is 12.0. The molecule has 0 spiro atoms. The maximum Gasteiger partial charge on any atom is 0.304 e. The second-order valence-corrected chi connectivity index (χ2v) is 8.14. The molecule has 1 heterocycles. The van der Waals surface area contributed by atoms with Gasteiger partial charge in [0.2, 0.25) is 10.0 Å². The van der Waals surface area contributed by atoms with Crippen LogP contribution in [0.1, 0.15) is 26.2 Å². The van der Waals surface area contributed by atoms with E-state index < -0.39 is 14.9 Å². The van der Waals surface area contributed by atoms with Crippen molar-refractivity contribution in [3.63, 3.8) is 0 Å². The van der Waals surface area contributed by atoms with Gasteiger partial charge >= 0.3 is 5.69 Å². The molecule has 0 unspecified atom stereocenters. The zero-order chi connectivity index (χ0) is 14.3. The van der Waals surface area contributed by atoms with E-state index in [9.17, 15) is 18.5 Å². The third-order valence-electron chi connectivity index (χ3n) is 3.43. The van der Waals surface area contributed by atoms with E-state index in [1.54, 1.807) is 0 Å². The van der Waals surface area contributed by atoms with Crippen molar-refractivity contribution in [2.24, 2.45) is 5.41 Å². The fraction of sp³-hybridized carbons (Fsp3) is 0.600. The lowest BCUT2D eigenvalue weighted by Crippen LogP contribution is -2.39. The molecular weight excluding hydrogens is 290 g/mol. The Morgan fingerprint density at radius 3 is 2.63 bits per heavy atom. The first-order valence-electron chi connectivity index (χ1n) is 5.77. The summed E-state index contributed by atoms with van der Waals surface area (Å²) in [6.45, 7) is 2.37. The summed E-state index contributed by atoms with van der Waals surface area (Å²) in [6, 6.07) is 1.01. The molecule has 7 nitrogen and oxygen atoms in total. The van der Waals surface area contributed by atoms with Gasteiger partial charge in [0, 0.05) is 12.6 Å². The third-order valence-corrected chi connectivity index (χ3v) is 6.26. The number of hydrogen-bond donors (Lipinski definition) is 2. The summed E-state index contributed by atoms with van der Waals surface area (Å²) in [5, 5.41) is 10.6. The van der Waals surface area contributed by atoms with Crippen molar-refractivity contribution in [1.82, 2.24) is 4.72 Å². The molecule has 2 rings (SSSR count). The SMILES string of the molecule is CC1(CNS(=O)(=O)c2cc([N+](=O)[O-])c(N)s2)CCC1. The lowest BCUT2D eigenvalue weighted by atomic mass is 9.71. The van der Waals surface area contributed by atoms with Gasteiger partial charge in [-0.05, 0) is 18.3 Å². The van der Waals surface area contributed by atoms with Crippen LogP contribution in [0.25, 0.3) is 0 Å². The van der Waals surface area contributed by atoms with E-state index in [0.29, 0.717) is 17.9 Å². The quantitative estimate of drug-likeness (QED) is 0.634. The summed E-state index contributed by atoms with van der Waals surface area (Å²) >= 11 is 0.711. The molecule has 0 saturated heterocycles. The number of sulfonamides is 1. The minimum Gasteiger partial charge on any atom is -0.385 e. The molecule has 0 atom stereocenters. The first-order chi connectivity index (χ1) is 8.73. The van der Waals surface area contributed by atoms with Gasteiger partial charge in [-0.1, -0.05) is 24.7 Å². The number of nitrogens with zero attached hydrogens (tertiary/aromatic N) is 1. The predicted octanol–water partition coefficient (Wildman–Crippen LogP) is 1.71. The van der Waals surface area contributed by atoms with Crippen LogP contribution in [-0.2, 0) is 10.0 Å². The molecule has 0 aliphatic heterocycles. The summed E-state index contributed by atoms with van der Waals surface area (Å²) in [7, 11) is -3.72. The van der Waals surface area contributed by atoms with Gasteiger partial charge in [0.1, 0.15) is 4.21 Å². The molecule has 1 aromatic heterocycles. The molecule has 1 saturated carbocycles. The van der Waals surface area contributed by atoms with E-state index in [-0.39, 0.29) is 20.3 Å². The highest BCUT2D eigenvalue weighted by atomic mass is 32.2. The number of nitro groups is 1. The number of hydrogen-bond acceptors (Lipinski definition) is 6. The number of rotatable bonds is 5. The molecule has 0 radical (unpaired) electrons. The molecule has 1 aliphatic carbocycles. The Balaban J connectivity index is 2.15. The molecule has 0 bridgehead atoms. The van der Waals surface area contributed by atoms with E-state index >= 15 is 0 Å². The van der Waals surface area contributed by atoms with Crippen LogP contribution in [0.3, 0.4) is 0 Å². The lowest BCUT2D eigenvalue weighted by molar-refractivity contribution is -0.383. The molecule has 1 aromatic rings. The first-order valence-corrected chi connectivity index (χ1v) is 8.07. The van der Waals surface area contributed by atoms with Crippen LogP contribution in [0.5, 0.6) is 0 Å². The highest BCUT2D eigenvalue weighted by Crippen LogP contribution is 2.40. The topological polar surface area (TPSA) is 115 Å². The normalized spacial score (nSPS) is 17.9. The Hall–Kier alpha value is -1.19. The lowest BCUT2D eigenvalue weighted by Gasteiger charge is -2.38. The summed E-state index contributed by atoms with van der Waals surface area (Å²) in [4.78, 5) is 9.97. The Kier molecular flexibility index (Phi) is 3.54. The Morgan fingerprint density at radius 1 is 1.58 bits per heavy atom. The van der Waals surface area contributed by atoms with E-state index in [1.807, 2.05) is 6.92 Å². The van der Waals surface area contributed by atoms with Crippen molar-refractivity contribution in [2.45, 2.75) is 30.4 Å². The van der Waals surface area contributed by atoms with Crippen molar-refractivity contribution in [3.8, 4) is 0 Å². The van der Waals surface area contributed by atoms with Gasteiger partial charge < -0.3 is 5.73 Å². The molecule has 106 valence electrons. The molecule has 0 amide bonds. The van der Waals surface area contributed by atoms with Gasteiger partial charge in [-0.2, -0.15) is 0 Å². The minimum absolute atomic E-state index is 0.00179. The van der Waals surface area contributed by atoms with Crippen molar-refractivity contribution in [1.29, 1.82) is 0 Å². The number of thiophene rings is 1. The summed E-state index contributed by atoms with van der Waals surface area (Å²) in [5.74, 6) is 0. The van der Waals surface area contributed by atoms with Gasteiger partial charge in [0.25, 0.3) is 0 Å². The van der Waals surface area contributed by atoms with Crippen molar-refractivity contribution >= 4 is 32.0 Å². The van der Waals surface area contributed by atoms with Crippen LogP contribution in [0, 0.1) is 15.5 Å². The molecular formula is C10H15N3O4S2. The van der Waals surface area contributed by atoms with E-state index in [0.717, 1.165) is 25.3 Å². The summed E-state index contributed by atoms with van der Waals surface area (Å²) < 4.78 is 26.4. The number of nitrogens with one attached hydrogen (secondary N) is 1. The molecule has 1 fully saturated rings. The van der Waals surface area contributed by atoms with Crippen molar-refractivity contribution in [2.75, 3.05) is 12.3 Å². The summed E-state index contributed by atoms with van der Waals surface area (Å²) in [6.07, 6.45) is 3.08. The van der Waals surface area contributed by atoms with Crippen LogP contribution < -0.4 is 10.5 Å². The van der Waals surface area contributed by atoms with Crippen LogP contribution in [0.4, 0.5) is 10.7 Å². The van der Waals surface area contributed by atoms with E-state index in [4.69, 9.17) is 5.73 Å². The third kappa shape index (κ3) is 2.88. The van der Waals surface area contributed by atoms with Crippen LogP contribution in [0.2, 0.25) is 0 Å². The fourth-order valence-corrected chi connectivity index (χ4v) is 4.40. The zero-order valence-corrected chi connectivity index (χ0v) is 12.0. The Morgan fingerprint density at radius 2 is 2.21 bits per heavy atom. The Bertz CT molecular complexity index is 604. The van der Waals surface area contributed by atoms with Gasteiger partial charge in [0.05, 0.1) is 4.92 Å². The maximum atomic E-state index is 12.0. The van der Waals surface area contributed by atoms with Gasteiger partial charge in [-0.15, -0.1) is 0 Å². The standard InChI is InChI=1S/C10H15N3O4S2/c1-10(3-2-4-10)6-12-19(16,17)8-5-7(13(14)15)9(11)18-8/h5,12H,2-4,6,11H2,1H3. The largest absolute Gasteiger partial charge is 0.385 e. The molecule has 9 heteroatoms. The second kappa shape index (κ2) is 4.73. The van der Waals surface area contributed by atoms with Crippen molar-refractivity contribution in [3.05, 3.63) is 16.2 Å². The van der Waals surface area contributed by atoms with Crippen LogP contribution >= 0.6 is 11.3 Å². The van der Waals surface area contributed by atoms with Gasteiger partial charge in [-0.3, -0.25) is 10.1 Å². The van der Waals surface area contributed by atoms with Crippen LogP contribution in [0.15, 0.2) is 10.3 Å². The smallest absolute Gasteiger partial charge is 0.304 e. The van der Waals surface area contributed by atoms with Crippen LogP contribution in [-0.4, -0.2) is 19.9 Å². The fourth-order valence-electron chi connectivity index (χ4n) is 1.95. The molecule has 3 N–H and O–H groups in total. The van der Waals surface area contributed by atoms with E-state index in [2.05, 4.69) is 4.72 Å². The highest BCUT2D eigenvalue weighted by molar-refractivity contribution is 7.91. The van der Waals surface area contributed by atoms with Gasteiger partial charge in [0.15, 0.2) is 5.00 Å². The number of nitrogens with two attached hydrogens (primary N) is 1. The first kappa shape index (κ1) is 14.2. The summed E-state index contributed by atoms with van der Waals surface area (Å²) in [5.41, 5.74) is 5.08. The molecule has 1 aliphatic rings. The average Bonchev–Trinajstić information content (AvgIpc) is 2.67. The average molecular weight is 305 g/mol. The molecule has 19 heavy (non-hydrogen) atoms. The zero-order valence-electron chi connectivity index (χ0n) is 10.4. The molecule has 0 aromatic carbocycles. The van der Waals surface area contributed by atoms with Crippen molar-refractivity contribution < 1.29 is 13.3 Å². The monoisotopic (exact) mass is 305 g/mol. The minimum atomic E-state index is -3.72. The predicted molar refractivity (Wildman–Crippen MR) is 72.5 cm³/mol.